The smallest absolute Gasteiger partial charge is 0.306 e. The number of nitrogens with zero attached hydrogens (tertiary/aromatic N) is 1. The number of phosphoric ester groups is 1. The molecular formula is C50H98NO8P. The van der Waals surface area contributed by atoms with E-state index in [0.717, 1.165) is 38.5 Å². The molecule has 2 atom stereocenters. The summed E-state index contributed by atoms with van der Waals surface area (Å²) in [6.07, 6.45) is 46.7. The van der Waals surface area contributed by atoms with Gasteiger partial charge in [-0.05, 0) is 38.5 Å². The van der Waals surface area contributed by atoms with E-state index in [1.165, 1.54) is 173 Å². The fourth-order valence-electron chi connectivity index (χ4n) is 7.30. The summed E-state index contributed by atoms with van der Waals surface area (Å²) in [7, 11) is 1.18. The third kappa shape index (κ3) is 46.3. The van der Waals surface area contributed by atoms with Gasteiger partial charge in [-0.15, -0.1) is 0 Å². The Hall–Kier alpha value is -1.25. The first-order valence-electron chi connectivity index (χ1n) is 25.4. The van der Waals surface area contributed by atoms with Gasteiger partial charge in [-0.3, -0.25) is 14.2 Å². The van der Waals surface area contributed by atoms with Gasteiger partial charge < -0.3 is 27.9 Å². The summed E-state index contributed by atoms with van der Waals surface area (Å²) in [5.74, 6) is -0.822. The van der Waals surface area contributed by atoms with E-state index >= 15 is 0 Å². The molecule has 0 rings (SSSR count). The van der Waals surface area contributed by atoms with Gasteiger partial charge in [0.15, 0.2) is 6.10 Å². The van der Waals surface area contributed by atoms with Crippen molar-refractivity contribution in [2.24, 2.45) is 0 Å². The molecule has 356 valence electrons. The van der Waals surface area contributed by atoms with Crippen molar-refractivity contribution in [3.63, 3.8) is 0 Å². The lowest BCUT2D eigenvalue weighted by atomic mass is 10.0. The first-order chi connectivity index (χ1) is 29.0. The molecule has 10 heteroatoms. The van der Waals surface area contributed by atoms with Gasteiger partial charge in [-0.25, -0.2) is 0 Å². The summed E-state index contributed by atoms with van der Waals surface area (Å²) in [6, 6.07) is 0. The molecule has 0 N–H and O–H groups in total. The number of quaternary nitrogens is 1. The highest BCUT2D eigenvalue weighted by Crippen LogP contribution is 2.38. The van der Waals surface area contributed by atoms with E-state index in [0.29, 0.717) is 17.4 Å². The molecule has 9 nitrogen and oxygen atoms in total. The van der Waals surface area contributed by atoms with Crippen molar-refractivity contribution >= 4 is 19.8 Å². The largest absolute Gasteiger partial charge is 0.756 e. The first kappa shape index (κ1) is 58.8. The van der Waals surface area contributed by atoms with Crippen LogP contribution in [-0.2, 0) is 32.7 Å². The zero-order valence-electron chi connectivity index (χ0n) is 40.2. The van der Waals surface area contributed by atoms with Gasteiger partial charge in [-0.1, -0.05) is 206 Å². The highest BCUT2D eigenvalue weighted by Gasteiger charge is 2.21. The van der Waals surface area contributed by atoms with Gasteiger partial charge in [0.25, 0.3) is 7.82 Å². The van der Waals surface area contributed by atoms with E-state index in [9.17, 15) is 19.0 Å². The highest BCUT2D eigenvalue weighted by molar-refractivity contribution is 7.45. The number of rotatable bonds is 47. The molecule has 0 aromatic rings. The van der Waals surface area contributed by atoms with Gasteiger partial charge in [0.2, 0.25) is 0 Å². The van der Waals surface area contributed by atoms with E-state index < -0.39 is 26.5 Å². The van der Waals surface area contributed by atoms with E-state index in [-0.39, 0.29) is 32.0 Å². The van der Waals surface area contributed by atoms with Crippen LogP contribution in [0.25, 0.3) is 0 Å². The molecule has 0 aliphatic heterocycles. The Morgan fingerprint density at radius 2 is 0.850 bits per heavy atom. The Kier molecular flexibility index (Phi) is 42.1. The maximum atomic E-state index is 12.7. The third-order valence-electron chi connectivity index (χ3n) is 11.3. The zero-order valence-corrected chi connectivity index (χ0v) is 41.1. The van der Waals surface area contributed by atoms with E-state index in [4.69, 9.17) is 18.5 Å². The lowest BCUT2D eigenvalue weighted by molar-refractivity contribution is -0.870. The number of unbranched alkanes of at least 4 members (excludes halogenated alkanes) is 31. The maximum absolute atomic E-state index is 12.7. The van der Waals surface area contributed by atoms with Crippen LogP contribution in [0.3, 0.4) is 0 Å². The number of allylic oxidation sites excluding steroid dienone is 2. The molecule has 0 bridgehead atoms. The Labute approximate surface area is 371 Å². The summed E-state index contributed by atoms with van der Waals surface area (Å²) < 4.78 is 34.0. The van der Waals surface area contributed by atoms with Crippen molar-refractivity contribution in [1.29, 1.82) is 0 Å². The van der Waals surface area contributed by atoms with Crippen molar-refractivity contribution < 1.29 is 42.1 Å². The standard InChI is InChI=1S/C50H98NO8P/c1-6-8-10-12-14-16-18-20-21-22-23-24-25-26-27-28-29-31-33-35-37-39-41-43-50(53)59-48(47-58-60(54,55)57-45-44-51(3,4)5)46-56-49(52)42-40-38-36-34-32-30-19-17-15-13-11-9-7-2/h22-23,48H,6-21,24-47H2,1-5H3/b23-22-. The predicted molar refractivity (Wildman–Crippen MR) is 250 cm³/mol. The third-order valence-corrected chi connectivity index (χ3v) is 12.2. The molecule has 0 amide bonds. The minimum atomic E-state index is -4.62. The molecule has 0 radical (unpaired) electrons. The normalized spacial score (nSPS) is 13.5. The number of likely N-dealkylation sites (N-methyl/N-ethyl adjacent to an activating group) is 1. The number of phosphoric acid groups is 1. The van der Waals surface area contributed by atoms with Crippen LogP contribution < -0.4 is 4.89 Å². The van der Waals surface area contributed by atoms with Crippen LogP contribution in [-0.4, -0.2) is 70.0 Å². The molecular weight excluding hydrogens is 774 g/mol. The second kappa shape index (κ2) is 43.0. The van der Waals surface area contributed by atoms with Gasteiger partial charge in [0, 0.05) is 12.8 Å². The van der Waals surface area contributed by atoms with Crippen molar-refractivity contribution in [2.45, 2.75) is 251 Å². The molecule has 0 fully saturated rings. The second-order valence-corrected chi connectivity index (χ2v) is 20.0. The van der Waals surface area contributed by atoms with E-state index in [1.807, 2.05) is 21.1 Å². The van der Waals surface area contributed by atoms with Crippen LogP contribution in [0.2, 0.25) is 0 Å². The number of ether oxygens (including phenoxy) is 2. The minimum absolute atomic E-state index is 0.0274. The summed E-state index contributed by atoms with van der Waals surface area (Å²) in [5.41, 5.74) is 0. The lowest BCUT2D eigenvalue weighted by Crippen LogP contribution is -2.37. The van der Waals surface area contributed by atoms with Crippen molar-refractivity contribution in [3.05, 3.63) is 12.2 Å². The Balaban J connectivity index is 4.18. The predicted octanol–water partition coefficient (Wildman–Crippen LogP) is 14.3. The fourth-order valence-corrected chi connectivity index (χ4v) is 8.03. The SMILES string of the molecule is CCCCCCCCCC/C=C\CCCCCCCCCCCCCC(=O)OC(COC(=O)CCCCCCCCCCCCCCC)COP(=O)([O-])OCC[N+](C)(C)C. The van der Waals surface area contributed by atoms with Gasteiger partial charge in [0.05, 0.1) is 27.7 Å². The lowest BCUT2D eigenvalue weighted by Gasteiger charge is -2.28. The molecule has 2 unspecified atom stereocenters. The quantitative estimate of drug-likeness (QED) is 0.0195. The molecule has 0 aliphatic carbocycles. The van der Waals surface area contributed by atoms with Crippen LogP contribution in [0.4, 0.5) is 0 Å². The topological polar surface area (TPSA) is 111 Å². The van der Waals surface area contributed by atoms with E-state index in [2.05, 4.69) is 26.0 Å². The Bertz CT molecular complexity index is 1030. The zero-order chi connectivity index (χ0) is 44.3. The average Bonchev–Trinajstić information content (AvgIpc) is 3.20. The summed E-state index contributed by atoms with van der Waals surface area (Å²) in [6.45, 7) is 4.27. The molecule has 0 aliphatic rings. The second-order valence-electron chi connectivity index (χ2n) is 18.5. The van der Waals surface area contributed by atoms with Crippen molar-refractivity contribution in [1.82, 2.24) is 0 Å². The molecule has 0 aromatic carbocycles. The van der Waals surface area contributed by atoms with Crippen molar-refractivity contribution in [3.8, 4) is 0 Å². The average molecular weight is 872 g/mol. The molecule has 0 saturated heterocycles. The van der Waals surface area contributed by atoms with Crippen LogP contribution in [0.1, 0.15) is 245 Å². The Morgan fingerprint density at radius 3 is 1.23 bits per heavy atom. The summed E-state index contributed by atoms with van der Waals surface area (Å²) in [4.78, 5) is 37.6. The highest BCUT2D eigenvalue weighted by atomic mass is 31.2. The number of carbonyl (C=O) groups excluding carboxylic acids is 2. The molecule has 0 saturated carbocycles. The maximum Gasteiger partial charge on any atom is 0.306 e. The molecule has 0 heterocycles. The van der Waals surface area contributed by atoms with Crippen LogP contribution in [0, 0.1) is 0 Å². The van der Waals surface area contributed by atoms with Crippen LogP contribution >= 0.6 is 7.82 Å². The molecule has 60 heavy (non-hydrogen) atoms. The molecule has 0 aromatic heterocycles. The number of hydrogen-bond donors (Lipinski definition) is 0. The van der Waals surface area contributed by atoms with E-state index in [1.54, 1.807) is 0 Å². The summed E-state index contributed by atoms with van der Waals surface area (Å²) in [5, 5.41) is 0. The minimum Gasteiger partial charge on any atom is -0.756 e. The monoisotopic (exact) mass is 872 g/mol. The first-order valence-corrected chi connectivity index (χ1v) is 26.9. The van der Waals surface area contributed by atoms with Crippen LogP contribution in [0.15, 0.2) is 12.2 Å². The molecule has 0 spiro atoms. The van der Waals surface area contributed by atoms with Crippen LogP contribution in [0.5, 0.6) is 0 Å². The number of esters is 2. The number of carbonyl (C=O) groups is 2. The number of hydrogen-bond acceptors (Lipinski definition) is 8. The van der Waals surface area contributed by atoms with Gasteiger partial charge >= 0.3 is 11.9 Å². The van der Waals surface area contributed by atoms with Gasteiger partial charge in [-0.2, -0.15) is 0 Å². The van der Waals surface area contributed by atoms with Crippen molar-refractivity contribution in [2.75, 3.05) is 47.5 Å². The van der Waals surface area contributed by atoms with Gasteiger partial charge in [0.1, 0.15) is 19.8 Å². The fraction of sp³-hybridized carbons (Fsp3) is 0.920. The Morgan fingerprint density at radius 1 is 0.500 bits per heavy atom. The summed E-state index contributed by atoms with van der Waals surface area (Å²) >= 11 is 0.